The van der Waals surface area contributed by atoms with E-state index in [-0.39, 0.29) is 26.1 Å². The number of aromatic nitrogens is 1. The largest absolute Gasteiger partial charge is 0.492 e. The molecule has 2 aromatic carbocycles. The van der Waals surface area contributed by atoms with Crippen molar-refractivity contribution >= 4 is 23.8 Å². The van der Waals surface area contributed by atoms with Crippen LogP contribution in [0.2, 0.25) is 0 Å². The maximum absolute atomic E-state index is 13.4. The fraction of sp³-hybridized carbons (Fsp3) is 0.394. The zero-order chi connectivity index (χ0) is 32.3. The molecule has 1 aromatic heterocycles. The minimum atomic E-state index is -1.20. The van der Waals surface area contributed by atoms with Crippen LogP contribution in [0.1, 0.15) is 64.5 Å². The highest BCUT2D eigenvalue weighted by atomic mass is 16.7. The van der Waals surface area contributed by atoms with Crippen molar-refractivity contribution in [2.75, 3.05) is 0 Å². The van der Waals surface area contributed by atoms with E-state index in [1.165, 1.54) is 0 Å². The van der Waals surface area contributed by atoms with E-state index in [0.29, 0.717) is 17.6 Å². The lowest BCUT2D eigenvalue weighted by molar-refractivity contribution is -0.156. The topological polar surface area (TPSA) is 153 Å². The van der Waals surface area contributed by atoms with Gasteiger partial charge in [0.15, 0.2) is 0 Å². The first-order chi connectivity index (χ1) is 20.8. The first-order valence-corrected chi connectivity index (χ1v) is 14.3. The van der Waals surface area contributed by atoms with Gasteiger partial charge in [-0.2, -0.15) is 0 Å². The average Bonchev–Trinajstić information content (AvgIpc) is 3.32. The molecule has 0 aliphatic carbocycles. The summed E-state index contributed by atoms with van der Waals surface area (Å²) in [7, 11) is 0. The van der Waals surface area contributed by atoms with Crippen LogP contribution in [0.4, 0.5) is 0 Å². The number of hydrogen-bond donors (Lipinski definition) is 3. The molecule has 0 spiro atoms. The van der Waals surface area contributed by atoms with Gasteiger partial charge in [-0.15, -0.1) is 4.73 Å². The summed E-state index contributed by atoms with van der Waals surface area (Å²) in [5, 5.41) is 22.1. The second kappa shape index (κ2) is 15.1. The van der Waals surface area contributed by atoms with Gasteiger partial charge in [-0.25, -0.2) is 9.59 Å². The van der Waals surface area contributed by atoms with Gasteiger partial charge >= 0.3 is 17.9 Å². The number of nitrogens with zero attached hydrogens (tertiary/aromatic N) is 1. The number of rotatable bonds is 15. The highest BCUT2D eigenvalue weighted by molar-refractivity contribution is 5.88. The van der Waals surface area contributed by atoms with Crippen LogP contribution < -0.4 is 10.2 Å². The molecule has 11 nitrogen and oxygen atoms in total. The van der Waals surface area contributed by atoms with Gasteiger partial charge in [-0.1, -0.05) is 74.5 Å². The average molecular weight is 609 g/mol. The number of carbonyl (C=O) groups is 4. The number of benzene rings is 2. The van der Waals surface area contributed by atoms with Gasteiger partial charge in [0.05, 0.1) is 11.8 Å². The van der Waals surface area contributed by atoms with Crippen molar-refractivity contribution in [3.8, 4) is 11.8 Å². The molecule has 0 saturated heterocycles. The molecule has 1 unspecified atom stereocenters. The molecule has 3 rings (SSSR count). The minimum absolute atomic E-state index is 0.0374. The van der Waals surface area contributed by atoms with E-state index < -0.39 is 52.4 Å². The Morgan fingerprint density at radius 1 is 0.750 bits per heavy atom. The van der Waals surface area contributed by atoms with Gasteiger partial charge in [0, 0.05) is 17.5 Å². The fourth-order valence-corrected chi connectivity index (χ4v) is 4.10. The normalized spacial score (nSPS) is 12.2. The summed E-state index contributed by atoms with van der Waals surface area (Å²) in [5.41, 5.74) is -0.268. The highest BCUT2D eigenvalue weighted by Crippen LogP contribution is 2.32. The lowest BCUT2D eigenvalue weighted by Crippen LogP contribution is -2.48. The van der Waals surface area contributed by atoms with Crippen LogP contribution in [-0.2, 0) is 41.9 Å². The smallest absolute Gasteiger partial charge is 0.333 e. The molecule has 1 amide bonds. The number of amides is 1. The molecular weight excluding hydrogens is 568 g/mol. The van der Waals surface area contributed by atoms with E-state index in [1.807, 2.05) is 36.4 Å². The van der Waals surface area contributed by atoms with Crippen LogP contribution in [0.15, 0.2) is 72.8 Å². The molecule has 1 heterocycles. The summed E-state index contributed by atoms with van der Waals surface area (Å²) in [4.78, 5) is 56.7. The van der Waals surface area contributed by atoms with E-state index in [4.69, 9.17) is 14.3 Å². The number of carbonyl (C=O) groups excluding carboxylic acids is 4. The van der Waals surface area contributed by atoms with Crippen molar-refractivity contribution in [2.24, 2.45) is 10.8 Å². The maximum Gasteiger partial charge on any atom is 0.333 e. The van der Waals surface area contributed by atoms with Crippen LogP contribution in [0.25, 0.3) is 0 Å². The second-order valence-electron chi connectivity index (χ2n) is 11.8. The molecule has 0 aliphatic rings. The Labute approximate surface area is 256 Å². The molecule has 44 heavy (non-hydrogen) atoms. The van der Waals surface area contributed by atoms with Crippen LogP contribution in [0.3, 0.4) is 0 Å². The SMILES string of the molecule is CC(C)(CCC(C)(C)C(=O)OCc1ccccc1)C(=O)NC(CCC(=O)On1c(O)ccc1O)C(=O)OCc1ccccc1. The van der Waals surface area contributed by atoms with E-state index in [9.17, 15) is 29.4 Å². The number of ether oxygens (including phenoxy) is 2. The van der Waals surface area contributed by atoms with Crippen molar-refractivity contribution in [1.82, 2.24) is 10.0 Å². The lowest BCUT2D eigenvalue weighted by atomic mass is 9.78. The van der Waals surface area contributed by atoms with Crippen LogP contribution in [0.5, 0.6) is 11.8 Å². The zero-order valence-electron chi connectivity index (χ0n) is 25.4. The number of hydrogen-bond acceptors (Lipinski definition) is 9. The molecule has 236 valence electrons. The molecule has 0 fully saturated rings. The predicted molar refractivity (Wildman–Crippen MR) is 160 cm³/mol. The Kier molecular flexibility index (Phi) is 11.6. The van der Waals surface area contributed by atoms with Crippen molar-refractivity contribution in [3.63, 3.8) is 0 Å². The van der Waals surface area contributed by atoms with Crippen LogP contribution in [-0.4, -0.2) is 44.8 Å². The third-order valence-corrected chi connectivity index (χ3v) is 7.20. The number of aromatic hydroxyl groups is 2. The monoisotopic (exact) mass is 608 g/mol. The van der Waals surface area contributed by atoms with Gasteiger partial charge in [0.2, 0.25) is 17.7 Å². The van der Waals surface area contributed by atoms with E-state index in [2.05, 4.69) is 5.32 Å². The minimum Gasteiger partial charge on any atom is -0.492 e. The summed E-state index contributed by atoms with van der Waals surface area (Å²) in [6.07, 6.45) is 0.115. The second-order valence-corrected chi connectivity index (χ2v) is 11.8. The molecule has 0 saturated carbocycles. The van der Waals surface area contributed by atoms with Gasteiger partial charge < -0.3 is 29.8 Å². The molecular formula is C33H40N2O9. The lowest BCUT2D eigenvalue weighted by Gasteiger charge is -2.30. The highest BCUT2D eigenvalue weighted by Gasteiger charge is 2.37. The standard InChI is InChI=1S/C33H40N2O9/c1-32(2,19-20-33(3,4)31(41)43-22-24-13-9-6-10-14-24)30(40)34-25(29(39)42-21-23-11-7-5-8-12-23)15-18-28(38)44-35-26(36)16-17-27(35)37/h5-14,16-17,25,36-37H,15,18-22H2,1-4H3,(H,34,40). The molecule has 1 atom stereocenters. The van der Waals surface area contributed by atoms with Gasteiger partial charge in [-0.05, 0) is 44.2 Å². The molecule has 0 aliphatic heterocycles. The predicted octanol–water partition coefficient (Wildman–Crippen LogP) is 4.44. The van der Waals surface area contributed by atoms with E-state index >= 15 is 0 Å². The van der Waals surface area contributed by atoms with Gasteiger partial charge in [-0.3, -0.25) is 9.59 Å². The Bertz CT molecular complexity index is 1400. The molecule has 3 N–H and O–H groups in total. The quantitative estimate of drug-likeness (QED) is 0.213. The summed E-state index contributed by atoms with van der Waals surface area (Å²) in [6.45, 7) is 7.02. The summed E-state index contributed by atoms with van der Waals surface area (Å²) in [5.74, 6) is -3.45. The van der Waals surface area contributed by atoms with Crippen molar-refractivity contribution in [3.05, 3.63) is 83.9 Å². The fourth-order valence-electron chi connectivity index (χ4n) is 4.10. The molecule has 0 radical (unpaired) electrons. The summed E-state index contributed by atoms with van der Waals surface area (Å²) in [6, 6.07) is 19.4. The Morgan fingerprint density at radius 3 is 1.80 bits per heavy atom. The number of nitrogens with one attached hydrogen (secondary N) is 1. The van der Waals surface area contributed by atoms with Crippen LogP contribution in [0, 0.1) is 10.8 Å². The zero-order valence-corrected chi connectivity index (χ0v) is 25.4. The Morgan fingerprint density at radius 2 is 1.25 bits per heavy atom. The van der Waals surface area contributed by atoms with Gasteiger partial charge in [0.1, 0.15) is 19.3 Å². The molecule has 0 bridgehead atoms. The first-order valence-electron chi connectivity index (χ1n) is 14.3. The molecule has 11 heteroatoms. The third-order valence-electron chi connectivity index (χ3n) is 7.20. The van der Waals surface area contributed by atoms with Crippen molar-refractivity contribution in [1.29, 1.82) is 0 Å². The van der Waals surface area contributed by atoms with Crippen LogP contribution >= 0.6 is 0 Å². The third kappa shape index (κ3) is 9.89. The Hall–Kier alpha value is -4.80. The first kappa shape index (κ1) is 33.7. The molecule has 3 aromatic rings. The number of esters is 2. The van der Waals surface area contributed by atoms with E-state index in [1.54, 1.807) is 52.0 Å². The van der Waals surface area contributed by atoms with Crippen molar-refractivity contribution in [2.45, 2.75) is 72.6 Å². The van der Waals surface area contributed by atoms with E-state index in [0.717, 1.165) is 23.3 Å². The Balaban J connectivity index is 1.61. The maximum atomic E-state index is 13.4. The van der Waals surface area contributed by atoms with Gasteiger partial charge in [0.25, 0.3) is 0 Å². The summed E-state index contributed by atoms with van der Waals surface area (Å²) < 4.78 is 11.5. The summed E-state index contributed by atoms with van der Waals surface area (Å²) >= 11 is 0. The van der Waals surface area contributed by atoms with Crippen molar-refractivity contribution < 1.29 is 43.7 Å².